The average molecular weight is 381 g/mol. The molecule has 5 rings (SSSR count). The van der Waals surface area contributed by atoms with Gasteiger partial charge in [0.2, 0.25) is 12.4 Å². The first-order valence-corrected chi connectivity index (χ1v) is 8.79. The van der Waals surface area contributed by atoms with E-state index in [4.69, 9.17) is 5.11 Å². The summed E-state index contributed by atoms with van der Waals surface area (Å²) in [5.41, 5.74) is 2.81. The van der Waals surface area contributed by atoms with Gasteiger partial charge in [0, 0.05) is 32.4 Å². The Kier molecular flexibility index (Phi) is 4.52. The predicted molar refractivity (Wildman–Crippen MR) is 104 cm³/mol. The van der Waals surface area contributed by atoms with Crippen LogP contribution in [0.15, 0.2) is 30.6 Å². The number of anilines is 3. The fourth-order valence-corrected chi connectivity index (χ4v) is 3.48. The summed E-state index contributed by atoms with van der Waals surface area (Å²) in [6.45, 7) is 2.06. The maximum absolute atomic E-state index is 10.9. The van der Waals surface area contributed by atoms with E-state index in [9.17, 15) is 9.59 Å². The van der Waals surface area contributed by atoms with E-state index >= 15 is 0 Å². The van der Waals surface area contributed by atoms with Crippen LogP contribution in [-0.4, -0.2) is 63.6 Å². The minimum Gasteiger partial charge on any atom is -0.477 e. The fraction of sp³-hybridized carbons (Fsp3) is 0.278. The summed E-state index contributed by atoms with van der Waals surface area (Å²) in [6, 6.07) is 5.73. The second-order valence-corrected chi connectivity index (χ2v) is 6.58. The summed E-state index contributed by atoms with van der Waals surface area (Å²) in [6.07, 6.45) is 5.06. The predicted octanol–water partition coefficient (Wildman–Crippen LogP) is 1.33. The Morgan fingerprint density at radius 2 is 2.21 bits per heavy atom. The van der Waals surface area contributed by atoms with Crippen molar-refractivity contribution in [3.63, 3.8) is 0 Å². The molecule has 2 aliphatic heterocycles. The highest BCUT2D eigenvalue weighted by molar-refractivity contribution is 5.87. The van der Waals surface area contributed by atoms with E-state index in [1.807, 2.05) is 19.2 Å². The molecule has 1 saturated heterocycles. The summed E-state index contributed by atoms with van der Waals surface area (Å²) >= 11 is 0. The molecule has 0 aromatic carbocycles. The fourth-order valence-electron chi connectivity index (χ4n) is 3.48. The number of pyridine rings is 1. The standard InChI is InChI=1S/C11H13N3O2.C7H6N4O/c1-13-7-4-5-14(6-7)9-3-2-8(11(15)16)12-10(9)13;12-4-10-7-9-3-6-5(11-7)1-2-8-6/h2-3,7H,4-6H2,1H3,(H,15,16);1-4,8H,(H,9,10,11,12). The lowest BCUT2D eigenvalue weighted by Crippen LogP contribution is -2.40. The van der Waals surface area contributed by atoms with Crippen LogP contribution in [0.2, 0.25) is 0 Å². The Morgan fingerprint density at radius 3 is 3.00 bits per heavy atom. The molecule has 0 saturated carbocycles. The smallest absolute Gasteiger partial charge is 0.354 e. The van der Waals surface area contributed by atoms with Gasteiger partial charge >= 0.3 is 5.97 Å². The molecular formula is C18H19N7O3. The zero-order valence-electron chi connectivity index (χ0n) is 15.2. The number of hydrogen-bond donors (Lipinski definition) is 3. The van der Waals surface area contributed by atoms with Gasteiger partial charge in [-0.2, -0.15) is 0 Å². The number of aromatic nitrogens is 4. The summed E-state index contributed by atoms with van der Waals surface area (Å²) < 4.78 is 0. The topological polar surface area (TPSA) is 127 Å². The number of nitrogens with zero attached hydrogens (tertiary/aromatic N) is 5. The number of likely N-dealkylation sites (N-methyl/N-ethyl adjacent to an activating group) is 1. The van der Waals surface area contributed by atoms with Crippen molar-refractivity contribution in [2.75, 3.05) is 35.3 Å². The SMILES string of the molecule is CN1c2nc(C(=O)O)ccc2N2CCC1C2.O=CNc1ncc2[nH]ccc2n1. The molecule has 3 N–H and O–H groups in total. The van der Waals surface area contributed by atoms with E-state index in [0.717, 1.165) is 42.0 Å². The minimum atomic E-state index is -0.968. The zero-order chi connectivity index (χ0) is 19.7. The molecular weight excluding hydrogens is 362 g/mol. The molecule has 1 unspecified atom stereocenters. The Balaban J connectivity index is 0.000000143. The highest BCUT2D eigenvalue weighted by Gasteiger charge is 2.35. The molecule has 3 aromatic rings. The van der Waals surface area contributed by atoms with Crippen LogP contribution in [0.1, 0.15) is 16.9 Å². The van der Waals surface area contributed by atoms with E-state index < -0.39 is 5.97 Å². The van der Waals surface area contributed by atoms with Crippen molar-refractivity contribution in [1.29, 1.82) is 0 Å². The highest BCUT2D eigenvalue weighted by atomic mass is 16.4. The number of hydrogen-bond acceptors (Lipinski definition) is 7. The normalized spacial score (nSPS) is 17.0. The number of aromatic carboxylic acids is 1. The monoisotopic (exact) mass is 381 g/mol. The zero-order valence-corrected chi connectivity index (χ0v) is 15.2. The molecule has 0 spiro atoms. The Labute approximate surface area is 160 Å². The maximum atomic E-state index is 10.9. The van der Waals surface area contributed by atoms with Gasteiger partial charge in [0.05, 0.1) is 22.9 Å². The van der Waals surface area contributed by atoms with E-state index in [0.29, 0.717) is 18.4 Å². The van der Waals surface area contributed by atoms with Crippen molar-refractivity contribution in [3.05, 3.63) is 36.3 Å². The van der Waals surface area contributed by atoms with Crippen LogP contribution in [0.4, 0.5) is 17.5 Å². The molecule has 0 radical (unpaired) electrons. The number of carbonyl (C=O) groups is 2. The third-order valence-electron chi connectivity index (χ3n) is 4.95. The van der Waals surface area contributed by atoms with Crippen LogP contribution in [0.3, 0.4) is 0 Å². The number of rotatable bonds is 3. The molecule has 144 valence electrons. The number of H-pyrrole nitrogens is 1. The molecule has 2 aliphatic rings. The molecule has 28 heavy (non-hydrogen) atoms. The molecule has 2 bridgehead atoms. The number of carbonyl (C=O) groups excluding carboxylic acids is 1. The van der Waals surface area contributed by atoms with Gasteiger partial charge in [-0.25, -0.2) is 19.7 Å². The largest absolute Gasteiger partial charge is 0.477 e. The first kappa shape index (κ1) is 17.7. The van der Waals surface area contributed by atoms with Crippen LogP contribution in [-0.2, 0) is 4.79 Å². The summed E-state index contributed by atoms with van der Waals surface area (Å²) in [5.74, 6) is 0.148. The Hall–Kier alpha value is -3.69. The Bertz CT molecular complexity index is 1030. The quantitative estimate of drug-likeness (QED) is 0.580. The van der Waals surface area contributed by atoms with Crippen molar-refractivity contribution in [1.82, 2.24) is 19.9 Å². The van der Waals surface area contributed by atoms with Gasteiger partial charge in [-0.15, -0.1) is 0 Å². The third kappa shape index (κ3) is 3.20. The first-order chi connectivity index (χ1) is 13.6. The van der Waals surface area contributed by atoms with Crippen LogP contribution < -0.4 is 15.1 Å². The van der Waals surface area contributed by atoms with Crippen molar-refractivity contribution in [3.8, 4) is 0 Å². The van der Waals surface area contributed by atoms with E-state index in [2.05, 4.69) is 35.1 Å². The van der Waals surface area contributed by atoms with Gasteiger partial charge in [-0.3, -0.25) is 10.1 Å². The molecule has 10 nitrogen and oxygen atoms in total. The van der Waals surface area contributed by atoms with Crippen LogP contribution in [0.5, 0.6) is 0 Å². The summed E-state index contributed by atoms with van der Waals surface area (Å²) in [7, 11) is 1.99. The van der Waals surface area contributed by atoms with Gasteiger partial charge in [0.25, 0.3) is 0 Å². The van der Waals surface area contributed by atoms with Crippen molar-refractivity contribution < 1.29 is 14.7 Å². The molecule has 0 aliphatic carbocycles. The summed E-state index contributed by atoms with van der Waals surface area (Å²) in [4.78, 5) is 40.4. The van der Waals surface area contributed by atoms with Gasteiger partial charge in [0.1, 0.15) is 0 Å². The van der Waals surface area contributed by atoms with Crippen molar-refractivity contribution in [2.24, 2.45) is 0 Å². The number of fused-ring (bicyclic) bond motifs is 5. The minimum absolute atomic E-state index is 0.119. The average Bonchev–Trinajstić information content (AvgIpc) is 3.34. The van der Waals surface area contributed by atoms with Crippen molar-refractivity contribution in [2.45, 2.75) is 12.5 Å². The lowest BCUT2D eigenvalue weighted by Gasteiger charge is -2.34. The molecule has 1 atom stereocenters. The second kappa shape index (κ2) is 7.14. The van der Waals surface area contributed by atoms with Crippen LogP contribution in [0.25, 0.3) is 11.0 Å². The maximum Gasteiger partial charge on any atom is 0.354 e. The van der Waals surface area contributed by atoms with Crippen LogP contribution >= 0.6 is 0 Å². The number of aromatic amines is 1. The lowest BCUT2D eigenvalue weighted by molar-refractivity contribution is -0.105. The van der Waals surface area contributed by atoms with E-state index in [1.54, 1.807) is 18.5 Å². The van der Waals surface area contributed by atoms with E-state index in [1.165, 1.54) is 0 Å². The molecule has 5 heterocycles. The summed E-state index contributed by atoms with van der Waals surface area (Å²) in [5, 5.41) is 11.3. The second-order valence-electron chi connectivity index (χ2n) is 6.58. The van der Waals surface area contributed by atoms with Gasteiger partial charge in [-0.05, 0) is 24.6 Å². The number of carboxylic acids is 1. The molecule has 1 amide bonds. The highest BCUT2D eigenvalue weighted by Crippen LogP contribution is 2.37. The number of carboxylic acid groups (broad SMARTS) is 1. The van der Waals surface area contributed by atoms with Crippen LogP contribution in [0, 0.1) is 0 Å². The van der Waals surface area contributed by atoms with E-state index in [-0.39, 0.29) is 5.69 Å². The molecule has 3 aromatic heterocycles. The van der Waals surface area contributed by atoms with Gasteiger partial charge < -0.3 is 19.9 Å². The first-order valence-electron chi connectivity index (χ1n) is 8.79. The van der Waals surface area contributed by atoms with Gasteiger partial charge in [-0.1, -0.05) is 0 Å². The lowest BCUT2D eigenvalue weighted by atomic mass is 10.2. The molecule has 10 heteroatoms. The third-order valence-corrected chi connectivity index (χ3v) is 4.95. The number of amides is 1. The molecule has 1 fully saturated rings. The van der Waals surface area contributed by atoms with Crippen molar-refractivity contribution >= 4 is 40.9 Å². The Morgan fingerprint density at radius 1 is 1.36 bits per heavy atom. The van der Waals surface area contributed by atoms with Gasteiger partial charge in [0.15, 0.2) is 11.5 Å². The number of nitrogens with one attached hydrogen (secondary N) is 2.